The van der Waals surface area contributed by atoms with Gasteiger partial charge in [-0.3, -0.25) is 28.7 Å². The fourth-order valence-electron chi connectivity index (χ4n) is 5.27. The zero-order valence-electron chi connectivity index (χ0n) is 22.6. The Bertz CT molecular complexity index is 1790. The van der Waals surface area contributed by atoms with Crippen LogP contribution in [0.25, 0.3) is 0 Å². The van der Waals surface area contributed by atoms with Gasteiger partial charge in [-0.1, -0.05) is 45.1 Å². The number of halogens is 1. The van der Waals surface area contributed by atoms with E-state index in [0.29, 0.717) is 32.4 Å². The predicted molar refractivity (Wildman–Crippen MR) is 165 cm³/mol. The number of rotatable bonds is 7. The molecule has 6 rings (SSSR count). The van der Waals surface area contributed by atoms with Crippen LogP contribution in [0, 0.1) is 5.92 Å². The molecule has 43 heavy (non-hydrogen) atoms. The molecule has 2 aromatic carbocycles. The average Bonchev–Trinajstić information content (AvgIpc) is 3.44. The first-order valence-electron chi connectivity index (χ1n) is 13.3. The molecule has 0 unspecified atom stereocenters. The quantitative estimate of drug-likeness (QED) is 0.221. The Balaban J connectivity index is 1.32. The summed E-state index contributed by atoms with van der Waals surface area (Å²) in [6, 6.07) is 16.8. The summed E-state index contributed by atoms with van der Waals surface area (Å²) in [7, 11) is 0. The number of esters is 1. The molecule has 3 atom stereocenters. The largest absolute Gasteiger partial charge is 0.462 e. The minimum absolute atomic E-state index is 0.250. The monoisotopic (exact) mass is 678 g/mol. The number of benzene rings is 2. The molecule has 0 spiro atoms. The SMILES string of the molecule is CCOC(=O)c1ccc(NC(=O)Cn2c3c(sc2=O)[C@@H](c2cccnc2)[C@@H]2C(=O)N(c4ccc(Br)cc4)C(=O)[C@@H]2S3)cc1. The van der Waals surface area contributed by atoms with E-state index in [-0.39, 0.29) is 29.8 Å². The van der Waals surface area contributed by atoms with Crippen LogP contribution in [0.4, 0.5) is 11.4 Å². The number of fused-ring (bicyclic) bond motifs is 2. The molecule has 0 bridgehead atoms. The van der Waals surface area contributed by atoms with Crippen molar-refractivity contribution in [1.29, 1.82) is 0 Å². The number of nitrogens with zero attached hydrogens (tertiary/aromatic N) is 3. The highest BCUT2D eigenvalue weighted by Gasteiger charge is 2.56. The Morgan fingerprint density at radius 3 is 2.44 bits per heavy atom. The van der Waals surface area contributed by atoms with Gasteiger partial charge >= 0.3 is 10.8 Å². The number of thioether (sulfide) groups is 1. The summed E-state index contributed by atoms with van der Waals surface area (Å²) in [4.78, 5) is 71.7. The normalized spacial score (nSPS) is 19.1. The van der Waals surface area contributed by atoms with Crippen LogP contribution in [0.2, 0.25) is 0 Å². The summed E-state index contributed by atoms with van der Waals surface area (Å²) in [5.41, 5.74) is 1.96. The van der Waals surface area contributed by atoms with Crippen LogP contribution >= 0.6 is 39.0 Å². The van der Waals surface area contributed by atoms with Crippen molar-refractivity contribution in [2.45, 2.75) is 29.7 Å². The summed E-state index contributed by atoms with van der Waals surface area (Å²) in [5.74, 6) is -2.99. The lowest BCUT2D eigenvalue weighted by atomic mass is 9.84. The first-order valence-corrected chi connectivity index (χ1v) is 15.8. The van der Waals surface area contributed by atoms with Crippen LogP contribution in [-0.2, 0) is 25.7 Å². The number of ether oxygens (including phenoxy) is 1. The van der Waals surface area contributed by atoms with Gasteiger partial charge in [-0.15, -0.1) is 0 Å². The molecule has 2 aromatic heterocycles. The molecule has 10 nitrogen and oxygen atoms in total. The number of thiazole rings is 1. The molecule has 13 heteroatoms. The lowest BCUT2D eigenvalue weighted by Crippen LogP contribution is -2.33. The van der Waals surface area contributed by atoms with Crippen molar-refractivity contribution in [3.8, 4) is 0 Å². The van der Waals surface area contributed by atoms with Gasteiger partial charge in [0, 0.05) is 33.3 Å². The van der Waals surface area contributed by atoms with Gasteiger partial charge in [0.05, 0.1) is 28.8 Å². The highest BCUT2D eigenvalue weighted by atomic mass is 79.9. The van der Waals surface area contributed by atoms with Crippen molar-refractivity contribution in [1.82, 2.24) is 9.55 Å². The fourth-order valence-corrected chi connectivity index (χ4v) is 8.30. The summed E-state index contributed by atoms with van der Waals surface area (Å²) in [6.07, 6.45) is 3.26. The van der Waals surface area contributed by atoms with Gasteiger partial charge in [0.25, 0.3) is 0 Å². The summed E-state index contributed by atoms with van der Waals surface area (Å²) in [5, 5.41) is 2.44. The van der Waals surface area contributed by atoms with Crippen LogP contribution in [-0.4, -0.2) is 45.1 Å². The summed E-state index contributed by atoms with van der Waals surface area (Å²) >= 11 is 5.50. The number of nitrogens with one attached hydrogen (secondary N) is 1. The average molecular weight is 680 g/mol. The lowest BCUT2D eigenvalue weighted by Gasteiger charge is -2.30. The third-order valence-electron chi connectivity index (χ3n) is 7.16. The van der Waals surface area contributed by atoms with E-state index in [0.717, 1.165) is 27.6 Å². The molecule has 4 heterocycles. The van der Waals surface area contributed by atoms with Gasteiger partial charge < -0.3 is 10.1 Å². The van der Waals surface area contributed by atoms with E-state index in [9.17, 15) is 24.0 Å². The molecule has 2 aliphatic heterocycles. The van der Waals surface area contributed by atoms with Crippen molar-refractivity contribution in [3.05, 3.63) is 103 Å². The Labute approximate surface area is 262 Å². The maximum Gasteiger partial charge on any atom is 0.338 e. The summed E-state index contributed by atoms with van der Waals surface area (Å²) < 4.78 is 7.16. The number of hydrogen-bond donors (Lipinski definition) is 1. The number of carbonyl (C=O) groups is 4. The second kappa shape index (κ2) is 11.9. The van der Waals surface area contributed by atoms with Gasteiger partial charge in [-0.05, 0) is 67.1 Å². The van der Waals surface area contributed by atoms with E-state index in [4.69, 9.17) is 4.74 Å². The Morgan fingerprint density at radius 2 is 1.77 bits per heavy atom. The van der Waals surface area contributed by atoms with E-state index >= 15 is 0 Å². The number of hydrogen-bond acceptors (Lipinski definition) is 9. The number of anilines is 2. The highest BCUT2D eigenvalue weighted by molar-refractivity contribution is 9.10. The van der Waals surface area contributed by atoms with E-state index < -0.39 is 29.0 Å². The van der Waals surface area contributed by atoms with E-state index in [2.05, 4.69) is 26.2 Å². The zero-order chi connectivity index (χ0) is 30.2. The van der Waals surface area contributed by atoms with Gasteiger partial charge in [-0.25, -0.2) is 9.69 Å². The van der Waals surface area contributed by atoms with Crippen molar-refractivity contribution in [2.75, 3.05) is 16.8 Å². The van der Waals surface area contributed by atoms with E-state index in [1.54, 1.807) is 73.9 Å². The van der Waals surface area contributed by atoms with Crippen molar-refractivity contribution in [3.63, 3.8) is 0 Å². The predicted octanol–water partition coefficient (Wildman–Crippen LogP) is 4.68. The number of aromatic nitrogens is 2. The minimum Gasteiger partial charge on any atom is -0.462 e. The molecule has 2 aliphatic rings. The second-order valence-electron chi connectivity index (χ2n) is 9.79. The van der Waals surface area contributed by atoms with Crippen LogP contribution in [0.5, 0.6) is 0 Å². The molecule has 0 saturated carbocycles. The molecule has 1 fully saturated rings. The summed E-state index contributed by atoms with van der Waals surface area (Å²) in [6.45, 7) is 1.67. The molecule has 1 N–H and O–H groups in total. The number of carbonyl (C=O) groups excluding carboxylic acids is 4. The van der Waals surface area contributed by atoms with Gasteiger partial charge in [0.15, 0.2) is 0 Å². The lowest BCUT2D eigenvalue weighted by molar-refractivity contribution is -0.122. The molecule has 1 saturated heterocycles. The second-order valence-corrected chi connectivity index (χ2v) is 12.8. The molecule has 4 aromatic rings. The first kappa shape index (κ1) is 29.0. The molecular formula is C30H23BrN4O6S2. The Morgan fingerprint density at radius 1 is 1.02 bits per heavy atom. The molecular weight excluding hydrogens is 656 g/mol. The minimum atomic E-state index is -0.799. The zero-order valence-corrected chi connectivity index (χ0v) is 25.8. The smallest absolute Gasteiger partial charge is 0.338 e. The maximum atomic E-state index is 13.9. The number of pyridine rings is 1. The van der Waals surface area contributed by atoms with Crippen LogP contribution < -0.4 is 15.1 Å². The van der Waals surface area contributed by atoms with Crippen molar-refractivity contribution >= 4 is 74.1 Å². The van der Waals surface area contributed by atoms with Gasteiger partial charge in [0.1, 0.15) is 11.8 Å². The Hall–Kier alpha value is -4.07. The fraction of sp³-hybridized carbons (Fsp3) is 0.200. The third kappa shape index (κ3) is 5.43. The standard InChI is InChI=1S/C30H23BrN4O6S2/c1-2-41-29(39)16-5-9-19(10-6-16)33-21(36)15-34-28-25(43-30(34)40)22(17-4-3-13-32-14-17)23-24(42-28)27(38)35(26(23)37)20-11-7-18(31)8-12-20/h3-14,22-24H,2,15H2,1H3,(H,33,36)/t22-,23-,24+/m0/s1. The third-order valence-corrected chi connectivity index (χ3v) is 10.3. The van der Waals surface area contributed by atoms with Crippen molar-refractivity contribution in [2.24, 2.45) is 5.92 Å². The Kier molecular flexibility index (Phi) is 8.03. The van der Waals surface area contributed by atoms with E-state index in [1.807, 2.05) is 6.07 Å². The maximum absolute atomic E-state index is 13.9. The molecule has 3 amide bonds. The van der Waals surface area contributed by atoms with E-state index in [1.165, 1.54) is 9.47 Å². The number of amides is 3. The number of imide groups is 1. The topological polar surface area (TPSA) is 128 Å². The molecule has 0 aliphatic carbocycles. The van der Waals surface area contributed by atoms with Crippen LogP contribution in [0.1, 0.15) is 33.6 Å². The van der Waals surface area contributed by atoms with Gasteiger partial charge in [-0.2, -0.15) is 0 Å². The first-order chi connectivity index (χ1) is 20.8. The molecule has 218 valence electrons. The van der Waals surface area contributed by atoms with Gasteiger partial charge in [0.2, 0.25) is 17.7 Å². The van der Waals surface area contributed by atoms with Crippen LogP contribution in [0.3, 0.4) is 0 Å². The van der Waals surface area contributed by atoms with Crippen molar-refractivity contribution < 1.29 is 23.9 Å². The molecule has 0 radical (unpaired) electrons. The highest BCUT2D eigenvalue weighted by Crippen LogP contribution is 2.53. The van der Waals surface area contributed by atoms with Crippen LogP contribution in [0.15, 0.2) is 87.4 Å².